The lowest BCUT2D eigenvalue weighted by Gasteiger charge is -2.18. The average Bonchev–Trinajstić information content (AvgIpc) is 2.65. The van der Waals surface area contributed by atoms with Crippen molar-refractivity contribution in [2.24, 2.45) is 0 Å². The molecule has 3 rings (SSSR count). The van der Waals surface area contributed by atoms with Gasteiger partial charge in [-0.15, -0.1) is 12.4 Å². The number of hydrogen-bond acceptors (Lipinski definition) is 3. The first kappa shape index (κ1) is 21.7. The van der Waals surface area contributed by atoms with Gasteiger partial charge in [0.05, 0.1) is 11.1 Å². The second-order valence-corrected chi connectivity index (χ2v) is 7.29. The number of aromatic nitrogens is 1. The van der Waals surface area contributed by atoms with Crippen LogP contribution in [0.15, 0.2) is 41.2 Å². The molecule has 0 unspecified atom stereocenters. The molecule has 1 heterocycles. The molecular formula is C20H23ClIN3O2. The van der Waals surface area contributed by atoms with Crippen molar-refractivity contribution in [2.75, 3.05) is 26.2 Å². The predicted molar refractivity (Wildman–Crippen MR) is 122 cm³/mol. The fourth-order valence-electron chi connectivity index (χ4n) is 3.14. The van der Waals surface area contributed by atoms with Crippen molar-refractivity contribution in [3.8, 4) is 0 Å². The van der Waals surface area contributed by atoms with E-state index in [0.717, 1.165) is 28.7 Å². The molecule has 27 heavy (non-hydrogen) atoms. The van der Waals surface area contributed by atoms with Gasteiger partial charge in [-0.1, -0.05) is 26.0 Å². The minimum atomic E-state index is -0.155. The van der Waals surface area contributed by atoms with Crippen molar-refractivity contribution in [1.82, 2.24) is 15.2 Å². The Kier molecular flexibility index (Phi) is 7.64. The molecule has 7 heteroatoms. The van der Waals surface area contributed by atoms with Gasteiger partial charge in [0.2, 0.25) is 0 Å². The van der Waals surface area contributed by atoms with E-state index in [-0.39, 0.29) is 23.7 Å². The zero-order chi connectivity index (χ0) is 18.7. The number of hydrogen-bond donors (Lipinski definition) is 2. The highest BCUT2D eigenvalue weighted by atomic mass is 127. The molecule has 0 saturated heterocycles. The smallest absolute Gasteiger partial charge is 0.254 e. The van der Waals surface area contributed by atoms with Crippen LogP contribution in [0, 0.1) is 3.57 Å². The molecule has 144 valence electrons. The fourth-order valence-corrected chi connectivity index (χ4v) is 3.84. The van der Waals surface area contributed by atoms with E-state index in [0.29, 0.717) is 28.4 Å². The third kappa shape index (κ3) is 4.44. The molecule has 0 fully saturated rings. The number of rotatable bonds is 6. The summed E-state index contributed by atoms with van der Waals surface area (Å²) in [5.74, 6) is -0.155. The summed E-state index contributed by atoms with van der Waals surface area (Å²) in [6, 6.07) is 11.0. The van der Waals surface area contributed by atoms with E-state index >= 15 is 0 Å². The Morgan fingerprint density at radius 1 is 1.11 bits per heavy atom. The zero-order valence-corrected chi connectivity index (χ0v) is 18.3. The van der Waals surface area contributed by atoms with Gasteiger partial charge in [-0.2, -0.15) is 0 Å². The van der Waals surface area contributed by atoms with Gasteiger partial charge in [0, 0.05) is 32.9 Å². The number of fused-ring (bicyclic) bond motifs is 2. The molecule has 0 aliphatic rings. The topological polar surface area (TPSA) is 65.2 Å². The van der Waals surface area contributed by atoms with E-state index in [9.17, 15) is 9.59 Å². The van der Waals surface area contributed by atoms with Crippen molar-refractivity contribution in [2.45, 2.75) is 13.8 Å². The van der Waals surface area contributed by atoms with E-state index in [2.05, 4.69) is 51.6 Å². The summed E-state index contributed by atoms with van der Waals surface area (Å²) in [5.41, 5.74) is 1.82. The van der Waals surface area contributed by atoms with Gasteiger partial charge in [0.15, 0.2) is 5.43 Å². The Balaban J connectivity index is 0.00000261. The zero-order valence-electron chi connectivity index (χ0n) is 15.3. The highest BCUT2D eigenvalue weighted by Crippen LogP contribution is 2.23. The molecule has 2 N–H and O–H groups in total. The van der Waals surface area contributed by atoms with Crippen LogP contribution in [0.4, 0.5) is 0 Å². The van der Waals surface area contributed by atoms with Crippen LogP contribution in [-0.4, -0.2) is 42.0 Å². The van der Waals surface area contributed by atoms with Gasteiger partial charge in [0.1, 0.15) is 0 Å². The van der Waals surface area contributed by atoms with E-state index in [4.69, 9.17) is 0 Å². The highest BCUT2D eigenvalue weighted by molar-refractivity contribution is 14.1. The number of likely N-dealkylation sites (N-methyl/N-ethyl adjacent to an activating group) is 1. The third-order valence-corrected chi connectivity index (χ3v) is 5.56. The summed E-state index contributed by atoms with van der Waals surface area (Å²) in [5, 5.41) is 4.16. The standard InChI is InChI=1S/C20H22IN3O2.ClH/c1-3-24(4-2)12-11-22-20(26)17-15(21)10-9-14-18(17)23-16-8-6-5-7-13(16)19(14)25;/h5-10H,3-4,11-12H2,1-2H3,(H,22,26)(H,23,25);1H. The summed E-state index contributed by atoms with van der Waals surface area (Å²) >= 11 is 2.15. The number of benzene rings is 2. The molecule has 0 radical (unpaired) electrons. The first-order valence-electron chi connectivity index (χ1n) is 8.80. The minimum Gasteiger partial charge on any atom is -0.354 e. The molecule has 0 aliphatic heterocycles. The van der Waals surface area contributed by atoms with Crippen LogP contribution in [0.25, 0.3) is 21.8 Å². The minimum absolute atomic E-state index is 0. The SMILES string of the molecule is CCN(CC)CCNC(=O)c1c(I)ccc2c(=O)c3ccccc3[nH]c12.Cl. The van der Waals surface area contributed by atoms with Crippen LogP contribution in [0.3, 0.4) is 0 Å². The van der Waals surface area contributed by atoms with Crippen LogP contribution in [0.2, 0.25) is 0 Å². The van der Waals surface area contributed by atoms with Gasteiger partial charge < -0.3 is 15.2 Å². The second-order valence-electron chi connectivity index (χ2n) is 6.13. The summed E-state index contributed by atoms with van der Waals surface area (Å²) in [7, 11) is 0. The molecular weight excluding hydrogens is 477 g/mol. The lowest BCUT2D eigenvalue weighted by atomic mass is 10.1. The van der Waals surface area contributed by atoms with E-state index < -0.39 is 0 Å². The van der Waals surface area contributed by atoms with Crippen molar-refractivity contribution in [1.29, 1.82) is 0 Å². The Hall–Kier alpha value is -1.64. The van der Waals surface area contributed by atoms with Gasteiger partial charge >= 0.3 is 0 Å². The average molecular weight is 500 g/mol. The Labute approximate surface area is 178 Å². The number of H-pyrrole nitrogens is 1. The fraction of sp³-hybridized carbons (Fsp3) is 0.300. The molecule has 3 aromatic rings. The third-order valence-electron chi connectivity index (χ3n) is 4.67. The summed E-state index contributed by atoms with van der Waals surface area (Å²) in [6.07, 6.45) is 0. The lowest BCUT2D eigenvalue weighted by molar-refractivity contribution is 0.0949. The summed E-state index contributed by atoms with van der Waals surface area (Å²) in [6.45, 7) is 7.50. The Morgan fingerprint density at radius 2 is 1.81 bits per heavy atom. The summed E-state index contributed by atoms with van der Waals surface area (Å²) < 4.78 is 0.821. The van der Waals surface area contributed by atoms with Gasteiger partial charge in [-0.05, 0) is 59.9 Å². The van der Waals surface area contributed by atoms with Crippen LogP contribution in [0.5, 0.6) is 0 Å². The van der Waals surface area contributed by atoms with E-state index in [1.54, 1.807) is 12.1 Å². The first-order valence-corrected chi connectivity index (χ1v) is 9.88. The molecule has 0 aliphatic carbocycles. The maximum absolute atomic E-state index is 12.8. The molecule has 1 amide bonds. The number of carbonyl (C=O) groups excluding carboxylic acids is 1. The predicted octanol–water partition coefficient (Wildman–Crippen LogP) is 3.78. The van der Waals surface area contributed by atoms with Gasteiger partial charge in [-0.25, -0.2) is 0 Å². The molecule has 0 spiro atoms. The molecule has 1 aromatic heterocycles. The first-order chi connectivity index (χ1) is 12.6. The van der Waals surface area contributed by atoms with E-state index in [1.807, 2.05) is 24.3 Å². The number of carbonyl (C=O) groups is 1. The van der Waals surface area contributed by atoms with Crippen molar-refractivity contribution in [3.05, 3.63) is 55.8 Å². The lowest BCUT2D eigenvalue weighted by Crippen LogP contribution is -2.35. The molecule has 0 saturated carbocycles. The second kappa shape index (κ2) is 9.52. The van der Waals surface area contributed by atoms with Crippen molar-refractivity contribution < 1.29 is 4.79 Å². The summed E-state index contributed by atoms with van der Waals surface area (Å²) in [4.78, 5) is 31.2. The normalized spacial score (nSPS) is 11.0. The Morgan fingerprint density at radius 3 is 2.52 bits per heavy atom. The number of nitrogens with zero attached hydrogens (tertiary/aromatic N) is 1. The number of aromatic amines is 1. The van der Waals surface area contributed by atoms with Gasteiger partial charge in [-0.3, -0.25) is 9.59 Å². The molecule has 2 aromatic carbocycles. The number of pyridine rings is 1. The van der Waals surface area contributed by atoms with Crippen LogP contribution in [0.1, 0.15) is 24.2 Å². The largest absolute Gasteiger partial charge is 0.354 e. The highest BCUT2D eigenvalue weighted by Gasteiger charge is 2.17. The van der Waals surface area contributed by atoms with Crippen LogP contribution in [-0.2, 0) is 0 Å². The maximum atomic E-state index is 12.8. The van der Waals surface area contributed by atoms with Crippen molar-refractivity contribution >= 4 is 62.7 Å². The monoisotopic (exact) mass is 499 g/mol. The number of nitrogens with one attached hydrogen (secondary N) is 2. The van der Waals surface area contributed by atoms with Crippen LogP contribution < -0.4 is 10.7 Å². The van der Waals surface area contributed by atoms with Crippen LogP contribution >= 0.6 is 35.0 Å². The number of amides is 1. The quantitative estimate of drug-likeness (QED) is 0.401. The molecule has 0 atom stereocenters. The number of halogens is 2. The number of para-hydroxylation sites is 1. The Bertz CT molecular complexity index is 1020. The molecule has 0 bridgehead atoms. The maximum Gasteiger partial charge on any atom is 0.254 e. The molecule has 5 nitrogen and oxygen atoms in total. The van der Waals surface area contributed by atoms with E-state index in [1.165, 1.54) is 0 Å². The van der Waals surface area contributed by atoms with Crippen molar-refractivity contribution in [3.63, 3.8) is 0 Å². The van der Waals surface area contributed by atoms with Gasteiger partial charge in [0.25, 0.3) is 5.91 Å².